The van der Waals surface area contributed by atoms with Gasteiger partial charge in [0.15, 0.2) is 0 Å². The van der Waals surface area contributed by atoms with Crippen molar-refractivity contribution >= 4 is 17.6 Å². The van der Waals surface area contributed by atoms with Crippen LogP contribution in [-0.2, 0) is 6.42 Å². The predicted molar refractivity (Wildman–Crippen MR) is 110 cm³/mol. The summed E-state index contributed by atoms with van der Waals surface area (Å²) in [5.74, 6) is 0.567. The molecule has 0 N–H and O–H groups in total. The molecule has 2 aromatic rings. The van der Waals surface area contributed by atoms with Crippen LogP contribution in [-0.4, -0.2) is 18.8 Å². The van der Waals surface area contributed by atoms with E-state index in [0.717, 1.165) is 12.1 Å². The number of fused-ring (bicyclic) bond motifs is 1. The van der Waals surface area contributed by atoms with Crippen molar-refractivity contribution in [3.63, 3.8) is 0 Å². The molecule has 0 fully saturated rings. The van der Waals surface area contributed by atoms with Crippen LogP contribution in [0.5, 0.6) is 0 Å². The van der Waals surface area contributed by atoms with Gasteiger partial charge in [-0.3, -0.25) is 4.99 Å². The highest BCUT2D eigenvalue weighted by Crippen LogP contribution is 2.43. The number of rotatable bonds is 3. The Hall–Kier alpha value is -2.09. The molecule has 25 heavy (non-hydrogen) atoms. The van der Waals surface area contributed by atoms with E-state index in [1.807, 2.05) is 6.21 Å². The fourth-order valence-corrected chi connectivity index (χ4v) is 3.84. The summed E-state index contributed by atoms with van der Waals surface area (Å²) in [6, 6.07) is 13.2. The molecular weight excluding hydrogens is 304 g/mol. The van der Waals surface area contributed by atoms with Gasteiger partial charge in [-0.25, -0.2) is 0 Å². The van der Waals surface area contributed by atoms with Gasteiger partial charge in [-0.1, -0.05) is 26.0 Å². The van der Waals surface area contributed by atoms with Crippen molar-refractivity contribution in [2.45, 2.75) is 58.9 Å². The fraction of sp³-hybridized carbons (Fsp3) is 0.435. The first-order chi connectivity index (χ1) is 11.8. The second-order valence-corrected chi connectivity index (χ2v) is 8.02. The third-order valence-electron chi connectivity index (χ3n) is 5.72. The molecule has 3 rings (SSSR count). The number of anilines is 1. The monoisotopic (exact) mass is 334 g/mol. The van der Waals surface area contributed by atoms with Crippen LogP contribution in [0.4, 0.5) is 11.4 Å². The maximum absolute atomic E-state index is 4.70. The van der Waals surface area contributed by atoms with Gasteiger partial charge in [0, 0.05) is 24.5 Å². The lowest BCUT2D eigenvalue weighted by Gasteiger charge is -2.45. The van der Waals surface area contributed by atoms with E-state index >= 15 is 0 Å². The Morgan fingerprint density at radius 3 is 2.52 bits per heavy atom. The average molecular weight is 335 g/mol. The maximum atomic E-state index is 4.70. The largest absolute Gasteiger partial charge is 0.369 e. The minimum absolute atomic E-state index is 0.204. The van der Waals surface area contributed by atoms with E-state index in [0.29, 0.717) is 5.92 Å². The van der Waals surface area contributed by atoms with Crippen LogP contribution in [0.25, 0.3) is 0 Å². The Balaban J connectivity index is 1.93. The maximum Gasteiger partial charge on any atom is 0.0630 e. The highest BCUT2D eigenvalue weighted by molar-refractivity contribution is 5.86. The number of nitrogens with zero attached hydrogens (tertiary/aromatic N) is 2. The van der Waals surface area contributed by atoms with Crippen molar-refractivity contribution in [2.24, 2.45) is 4.99 Å². The Bertz CT molecular complexity index is 784. The van der Waals surface area contributed by atoms with Gasteiger partial charge in [0.25, 0.3) is 0 Å². The van der Waals surface area contributed by atoms with E-state index < -0.39 is 0 Å². The topological polar surface area (TPSA) is 15.6 Å². The molecule has 0 unspecified atom stereocenters. The minimum atomic E-state index is 0.204. The van der Waals surface area contributed by atoms with Crippen molar-refractivity contribution in [1.29, 1.82) is 0 Å². The van der Waals surface area contributed by atoms with Crippen molar-refractivity contribution in [3.8, 4) is 0 Å². The second-order valence-electron chi connectivity index (χ2n) is 8.02. The Kier molecular flexibility index (Phi) is 4.73. The van der Waals surface area contributed by atoms with E-state index in [9.17, 15) is 0 Å². The molecule has 2 heteroatoms. The van der Waals surface area contributed by atoms with E-state index in [1.165, 1.54) is 34.4 Å². The van der Waals surface area contributed by atoms with Gasteiger partial charge in [0.2, 0.25) is 0 Å². The summed E-state index contributed by atoms with van der Waals surface area (Å²) in [7, 11) is 2.22. The summed E-state index contributed by atoms with van der Waals surface area (Å²) < 4.78 is 0. The van der Waals surface area contributed by atoms with Gasteiger partial charge >= 0.3 is 0 Å². The van der Waals surface area contributed by atoms with Crippen molar-refractivity contribution < 1.29 is 0 Å². The highest BCUT2D eigenvalue weighted by atomic mass is 15.2. The van der Waals surface area contributed by atoms with Crippen LogP contribution in [0, 0.1) is 6.92 Å². The summed E-state index contributed by atoms with van der Waals surface area (Å²) in [6.45, 7) is 11.4. The number of hydrogen-bond acceptors (Lipinski definition) is 2. The molecule has 0 spiro atoms. The van der Waals surface area contributed by atoms with Crippen LogP contribution in [0.1, 0.15) is 62.3 Å². The molecule has 0 radical (unpaired) electrons. The number of hydrogen-bond donors (Lipinski definition) is 0. The Morgan fingerprint density at radius 1 is 1.20 bits per heavy atom. The van der Waals surface area contributed by atoms with Crippen LogP contribution in [0.15, 0.2) is 41.4 Å². The normalized spacial score (nSPS) is 19.3. The fourth-order valence-electron chi connectivity index (χ4n) is 3.84. The molecule has 1 atom stereocenters. The van der Waals surface area contributed by atoms with Gasteiger partial charge in [-0.15, -0.1) is 0 Å². The van der Waals surface area contributed by atoms with Crippen LogP contribution < -0.4 is 4.90 Å². The van der Waals surface area contributed by atoms with E-state index in [-0.39, 0.29) is 5.54 Å². The summed E-state index contributed by atoms with van der Waals surface area (Å²) in [5, 5.41) is 0. The zero-order chi connectivity index (χ0) is 18.2. The number of aliphatic imine (C=N–C) groups is 1. The molecule has 1 aliphatic rings. The molecule has 0 saturated carbocycles. The van der Waals surface area contributed by atoms with Crippen LogP contribution in [0.3, 0.4) is 0 Å². The zero-order valence-electron chi connectivity index (χ0n) is 16.4. The van der Waals surface area contributed by atoms with Crippen LogP contribution in [0.2, 0.25) is 0 Å². The van der Waals surface area contributed by atoms with Gasteiger partial charge < -0.3 is 4.90 Å². The smallest absolute Gasteiger partial charge is 0.0630 e. The standard InChI is InChI=1S/C23H30N2/c1-7-18-8-10-20(11-9-18)24-15-19-13-21-17(3)14-23(4,5)25(6)22(21)12-16(19)2/h8-13,15,17H,7,14H2,1-6H3/t17-/m1/s1. The quantitative estimate of drug-likeness (QED) is 0.626. The molecule has 0 bridgehead atoms. The highest BCUT2D eigenvalue weighted by Gasteiger charge is 2.34. The van der Waals surface area contributed by atoms with E-state index in [1.54, 1.807) is 0 Å². The Morgan fingerprint density at radius 2 is 1.88 bits per heavy atom. The first kappa shape index (κ1) is 17.7. The number of benzene rings is 2. The lowest BCUT2D eigenvalue weighted by molar-refractivity contribution is 0.395. The lowest BCUT2D eigenvalue weighted by atomic mass is 9.79. The van der Waals surface area contributed by atoms with Crippen molar-refractivity contribution in [2.75, 3.05) is 11.9 Å². The number of aryl methyl sites for hydroxylation is 2. The molecule has 132 valence electrons. The molecule has 0 saturated heterocycles. The summed E-state index contributed by atoms with van der Waals surface area (Å²) in [5.41, 5.74) is 7.88. The summed E-state index contributed by atoms with van der Waals surface area (Å²) >= 11 is 0. The van der Waals surface area contributed by atoms with Crippen molar-refractivity contribution in [1.82, 2.24) is 0 Å². The third kappa shape index (κ3) is 3.49. The molecule has 0 aromatic heterocycles. The first-order valence-corrected chi connectivity index (χ1v) is 9.33. The van der Waals surface area contributed by atoms with E-state index in [2.05, 4.69) is 83.0 Å². The second kappa shape index (κ2) is 6.67. The molecule has 0 amide bonds. The van der Waals surface area contributed by atoms with Gasteiger partial charge in [0.05, 0.1) is 5.69 Å². The molecule has 2 nitrogen and oxygen atoms in total. The zero-order valence-corrected chi connectivity index (χ0v) is 16.4. The lowest BCUT2D eigenvalue weighted by Crippen LogP contribution is -2.45. The molecular formula is C23H30N2. The SMILES string of the molecule is CCc1ccc(N=Cc2cc3c(cc2C)N(C)C(C)(C)C[C@H]3C)cc1. The molecule has 0 aliphatic carbocycles. The van der Waals surface area contributed by atoms with E-state index in [4.69, 9.17) is 4.99 Å². The molecule has 2 aromatic carbocycles. The average Bonchev–Trinajstić information content (AvgIpc) is 2.58. The molecule has 1 heterocycles. The summed E-state index contributed by atoms with van der Waals surface area (Å²) in [4.78, 5) is 7.13. The van der Waals surface area contributed by atoms with Gasteiger partial charge in [-0.2, -0.15) is 0 Å². The van der Waals surface area contributed by atoms with Crippen molar-refractivity contribution in [3.05, 3.63) is 58.7 Å². The summed E-state index contributed by atoms with van der Waals surface area (Å²) in [6.07, 6.45) is 4.26. The van der Waals surface area contributed by atoms with Gasteiger partial charge in [-0.05, 0) is 86.1 Å². The van der Waals surface area contributed by atoms with Gasteiger partial charge in [0.1, 0.15) is 0 Å². The first-order valence-electron chi connectivity index (χ1n) is 9.33. The Labute approximate surface area is 152 Å². The van der Waals surface area contributed by atoms with Crippen LogP contribution >= 0.6 is 0 Å². The molecule has 1 aliphatic heterocycles. The predicted octanol–water partition coefficient (Wildman–Crippen LogP) is 6.03. The minimum Gasteiger partial charge on any atom is -0.369 e. The third-order valence-corrected chi connectivity index (χ3v) is 5.72.